The number of hydrogen-bond acceptors (Lipinski definition) is 4. The standard InChI is InChI=1S/C24H29ClN2O3S/c1-4-9-20(5-2)31-15-7-6-13-26-23(28)18-10-8-14-27(17-18)24(29)21-16-19(25)11-12-22(21)30-3/h4-5,7,9,11-12,15-16,18H,1-2,6,8,10,13-14,17H2,3H3,(H,26,28)/b15-7+,20-9+. The summed E-state index contributed by atoms with van der Waals surface area (Å²) in [6.45, 7) is 8.98. The number of halogens is 1. The molecule has 1 unspecified atom stereocenters. The highest BCUT2D eigenvalue weighted by molar-refractivity contribution is 8.06. The summed E-state index contributed by atoms with van der Waals surface area (Å²) >= 11 is 7.61. The number of hydrogen-bond donors (Lipinski definition) is 1. The van der Waals surface area contributed by atoms with E-state index in [4.69, 9.17) is 16.3 Å². The van der Waals surface area contributed by atoms with Gasteiger partial charge in [-0.1, -0.05) is 54.7 Å². The summed E-state index contributed by atoms with van der Waals surface area (Å²) in [6, 6.07) is 4.98. The van der Waals surface area contributed by atoms with Gasteiger partial charge in [0.2, 0.25) is 5.91 Å². The molecule has 1 heterocycles. The number of carbonyl (C=O) groups excluding carboxylic acids is 2. The van der Waals surface area contributed by atoms with Gasteiger partial charge in [0, 0.05) is 29.6 Å². The fraction of sp³-hybridized carbons (Fsp3) is 0.333. The molecule has 5 nitrogen and oxygen atoms in total. The number of piperidine rings is 1. The highest BCUT2D eigenvalue weighted by atomic mass is 35.5. The Morgan fingerprint density at radius 2 is 2.19 bits per heavy atom. The molecule has 1 atom stereocenters. The van der Waals surface area contributed by atoms with Gasteiger partial charge in [0.25, 0.3) is 5.91 Å². The van der Waals surface area contributed by atoms with Crippen molar-refractivity contribution in [2.24, 2.45) is 5.92 Å². The van der Waals surface area contributed by atoms with Crippen molar-refractivity contribution in [3.63, 3.8) is 0 Å². The second-order valence-electron chi connectivity index (χ2n) is 7.01. The summed E-state index contributed by atoms with van der Waals surface area (Å²) in [5.74, 6) is 0.0784. The Morgan fingerprint density at radius 1 is 1.39 bits per heavy atom. The van der Waals surface area contributed by atoms with Crippen LogP contribution in [0.4, 0.5) is 0 Å². The molecule has 1 N–H and O–H groups in total. The van der Waals surface area contributed by atoms with Crippen LogP contribution in [0.3, 0.4) is 0 Å². The summed E-state index contributed by atoms with van der Waals surface area (Å²) < 4.78 is 5.30. The van der Waals surface area contributed by atoms with Gasteiger partial charge in [-0.05, 0) is 48.9 Å². The molecule has 1 fully saturated rings. The lowest BCUT2D eigenvalue weighted by molar-refractivity contribution is -0.126. The Labute approximate surface area is 193 Å². The van der Waals surface area contributed by atoms with Crippen LogP contribution >= 0.6 is 23.4 Å². The molecule has 0 spiro atoms. The van der Waals surface area contributed by atoms with E-state index in [-0.39, 0.29) is 17.7 Å². The van der Waals surface area contributed by atoms with Crippen molar-refractivity contribution >= 4 is 35.2 Å². The maximum absolute atomic E-state index is 13.0. The minimum absolute atomic E-state index is 0.0186. The minimum Gasteiger partial charge on any atom is -0.496 e. The van der Waals surface area contributed by atoms with E-state index in [1.807, 2.05) is 17.6 Å². The third-order valence-corrected chi connectivity index (χ3v) is 6.00. The third kappa shape index (κ3) is 7.64. The summed E-state index contributed by atoms with van der Waals surface area (Å²) in [6.07, 6.45) is 9.66. The zero-order chi connectivity index (χ0) is 22.6. The quantitative estimate of drug-likeness (QED) is 0.384. The van der Waals surface area contributed by atoms with Crippen LogP contribution in [0.2, 0.25) is 5.02 Å². The fourth-order valence-electron chi connectivity index (χ4n) is 3.28. The predicted molar refractivity (Wildman–Crippen MR) is 129 cm³/mol. The number of thioether (sulfide) groups is 1. The molecule has 1 aromatic carbocycles. The molecular formula is C24H29ClN2O3S. The average molecular weight is 461 g/mol. The number of rotatable bonds is 10. The molecule has 0 radical (unpaired) electrons. The Kier molecular flexibility index (Phi) is 10.5. The van der Waals surface area contributed by atoms with Crippen LogP contribution in [-0.4, -0.2) is 43.5 Å². The van der Waals surface area contributed by atoms with Crippen molar-refractivity contribution in [3.05, 3.63) is 76.6 Å². The number of ether oxygens (including phenoxy) is 1. The van der Waals surface area contributed by atoms with Crippen LogP contribution in [0.25, 0.3) is 0 Å². The maximum atomic E-state index is 13.0. The average Bonchev–Trinajstić information content (AvgIpc) is 2.79. The van der Waals surface area contributed by atoms with Gasteiger partial charge in [-0.25, -0.2) is 0 Å². The number of nitrogens with zero attached hydrogens (tertiary/aromatic N) is 1. The van der Waals surface area contributed by atoms with Crippen LogP contribution < -0.4 is 10.1 Å². The first kappa shape index (κ1) is 24.8. The summed E-state index contributed by atoms with van der Waals surface area (Å²) in [5, 5.41) is 5.43. The molecule has 0 bridgehead atoms. The molecule has 2 amide bonds. The van der Waals surface area contributed by atoms with E-state index in [0.717, 1.165) is 24.2 Å². The third-order valence-electron chi connectivity index (χ3n) is 4.87. The molecular weight excluding hydrogens is 432 g/mol. The molecule has 2 rings (SSSR count). The highest BCUT2D eigenvalue weighted by Crippen LogP contribution is 2.26. The minimum atomic E-state index is -0.218. The first-order valence-corrected chi connectivity index (χ1v) is 11.4. The summed E-state index contributed by atoms with van der Waals surface area (Å²) in [4.78, 5) is 28.3. The molecule has 1 aliphatic heterocycles. The van der Waals surface area contributed by atoms with Gasteiger partial charge in [0.1, 0.15) is 5.75 Å². The van der Waals surface area contributed by atoms with Gasteiger partial charge in [-0.15, -0.1) is 0 Å². The zero-order valence-electron chi connectivity index (χ0n) is 17.8. The fourth-order valence-corrected chi connectivity index (χ4v) is 4.12. The number of likely N-dealkylation sites (tertiary alicyclic amines) is 1. The molecule has 1 saturated heterocycles. The predicted octanol–water partition coefficient (Wildman–Crippen LogP) is 5.21. The number of benzene rings is 1. The van der Waals surface area contributed by atoms with E-state index < -0.39 is 0 Å². The van der Waals surface area contributed by atoms with E-state index in [1.165, 1.54) is 7.11 Å². The second-order valence-corrected chi connectivity index (χ2v) is 8.43. The molecule has 0 saturated carbocycles. The maximum Gasteiger partial charge on any atom is 0.257 e. The molecule has 0 aromatic heterocycles. The Hall–Kier alpha value is -2.44. The van der Waals surface area contributed by atoms with Gasteiger partial charge in [-0.2, -0.15) is 0 Å². The first-order valence-electron chi connectivity index (χ1n) is 10.2. The molecule has 1 aromatic rings. The normalized spacial score (nSPS) is 16.8. The highest BCUT2D eigenvalue weighted by Gasteiger charge is 2.30. The van der Waals surface area contributed by atoms with Crippen molar-refractivity contribution in [1.29, 1.82) is 0 Å². The van der Waals surface area contributed by atoms with Crippen LogP contribution in [0, 0.1) is 5.92 Å². The number of amides is 2. The van der Waals surface area contributed by atoms with Gasteiger partial charge >= 0.3 is 0 Å². The molecule has 31 heavy (non-hydrogen) atoms. The van der Waals surface area contributed by atoms with Crippen molar-refractivity contribution < 1.29 is 14.3 Å². The Bertz CT molecular complexity index is 866. The summed E-state index contributed by atoms with van der Waals surface area (Å²) in [7, 11) is 1.52. The van der Waals surface area contributed by atoms with Crippen molar-refractivity contribution in [1.82, 2.24) is 10.2 Å². The number of nitrogens with one attached hydrogen (secondary N) is 1. The molecule has 7 heteroatoms. The monoisotopic (exact) mass is 460 g/mol. The van der Waals surface area contributed by atoms with Crippen molar-refractivity contribution in [2.45, 2.75) is 19.3 Å². The summed E-state index contributed by atoms with van der Waals surface area (Å²) in [5.41, 5.74) is 0.420. The number of methoxy groups -OCH3 is 1. The van der Waals surface area contributed by atoms with Gasteiger partial charge in [0.05, 0.1) is 18.6 Å². The smallest absolute Gasteiger partial charge is 0.257 e. The first-order chi connectivity index (χ1) is 15.0. The SMILES string of the molecule is C=C/C=C(\C=C)S/C=C/CCNC(=O)C1CCCN(C(=O)c2cc(Cl)ccc2OC)C1. The lowest BCUT2D eigenvalue weighted by atomic mass is 9.96. The van der Waals surface area contributed by atoms with Crippen LogP contribution in [-0.2, 0) is 4.79 Å². The Balaban J connectivity index is 1.85. The molecule has 0 aliphatic carbocycles. The largest absolute Gasteiger partial charge is 0.496 e. The van der Waals surface area contributed by atoms with E-state index in [1.54, 1.807) is 47.0 Å². The zero-order valence-corrected chi connectivity index (χ0v) is 19.4. The molecule has 166 valence electrons. The van der Waals surface area contributed by atoms with Gasteiger partial charge in [0.15, 0.2) is 0 Å². The van der Waals surface area contributed by atoms with Gasteiger partial charge < -0.3 is 15.0 Å². The van der Waals surface area contributed by atoms with E-state index in [9.17, 15) is 9.59 Å². The molecule has 1 aliphatic rings. The van der Waals surface area contributed by atoms with Crippen molar-refractivity contribution in [3.8, 4) is 5.75 Å². The van der Waals surface area contributed by atoms with E-state index >= 15 is 0 Å². The van der Waals surface area contributed by atoms with Crippen molar-refractivity contribution in [2.75, 3.05) is 26.7 Å². The second kappa shape index (κ2) is 13.1. The number of carbonyl (C=O) groups is 2. The van der Waals surface area contributed by atoms with Gasteiger partial charge in [-0.3, -0.25) is 9.59 Å². The van der Waals surface area contributed by atoms with Crippen LogP contribution in [0.1, 0.15) is 29.6 Å². The van der Waals surface area contributed by atoms with E-state index in [2.05, 4.69) is 18.5 Å². The number of allylic oxidation sites excluding steroid dienone is 3. The lowest BCUT2D eigenvalue weighted by Gasteiger charge is -2.32. The Morgan fingerprint density at radius 3 is 2.90 bits per heavy atom. The van der Waals surface area contributed by atoms with Crippen LogP contribution in [0.5, 0.6) is 5.75 Å². The topological polar surface area (TPSA) is 58.6 Å². The van der Waals surface area contributed by atoms with Crippen LogP contribution in [0.15, 0.2) is 66.0 Å². The lowest BCUT2D eigenvalue weighted by Crippen LogP contribution is -2.45. The van der Waals surface area contributed by atoms with E-state index in [0.29, 0.717) is 36.0 Å².